The number of carbonyl (C=O) groups excluding carboxylic acids is 1. The zero-order valence-electron chi connectivity index (χ0n) is 15.0. The topological polar surface area (TPSA) is 76.1 Å². The number of rotatable bonds is 6. The summed E-state index contributed by atoms with van der Waals surface area (Å²) < 4.78 is 18.3. The number of ether oxygens (including phenoxy) is 1. The van der Waals surface area contributed by atoms with Gasteiger partial charge in [-0.3, -0.25) is 4.79 Å². The van der Waals surface area contributed by atoms with Crippen molar-refractivity contribution in [1.29, 1.82) is 0 Å². The zero-order chi connectivity index (χ0) is 19.2. The smallest absolute Gasteiger partial charge is 0.270 e. The number of nitrogens with one attached hydrogen (secondary N) is 2. The Morgan fingerprint density at radius 2 is 1.93 bits per heavy atom. The van der Waals surface area contributed by atoms with Gasteiger partial charge < -0.3 is 15.4 Å². The van der Waals surface area contributed by atoms with E-state index in [-0.39, 0.29) is 29.9 Å². The fraction of sp³-hybridized carbons (Fsp3) is 0.150. The van der Waals surface area contributed by atoms with Crippen LogP contribution in [-0.2, 0) is 6.54 Å². The molecule has 1 heterocycles. The lowest BCUT2D eigenvalue weighted by Gasteiger charge is -2.11. The van der Waals surface area contributed by atoms with Gasteiger partial charge in [0.05, 0.1) is 12.8 Å². The number of methoxy groups -OCH3 is 1. The molecule has 3 rings (SSSR count). The van der Waals surface area contributed by atoms with E-state index < -0.39 is 0 Å². The van der Waals surface area contributed by atoms with Crippen molar-refractivity contribution >= 4 is 17.5 Å². The molecule has 138 valence electrons. The van der Waals surface area contributed by atoms with Crippen LogP contribution in [0.1, 0.15) is 21.6 Å². The Balaban J connectivity index is 1.70. The predicted molar refractivity (Wildman–Crippen MR) is 101 cm³/mol. The summed E-state index contributed by atoms with van der Waals surface area (Å²) in [4.78, 5) is 20.7. The Kier molecular flexibility index (Phi) is 5.61. The number of aromatic nitrogens is 2. The predicted octanol–water partition coefficient (Wildman–Crippen LogP) is 3.61. The van der Waals surface area contributed by atoms with Crippen molar-refractivity contribution in [3.8, 4) is 5.75 Å². The molecule has 0 unspecified atom stereocenters. The van der Waals surface area contributed by atoms with Crippen LogP contribution in [-0.4, -0.2) is 23.0 Å². The van der Waals surface area contributed by atoms with Crippen LogP contribution in [0.25, 0.3) is 0 Å². The molecule has 0 spiro atoms. The largest absolute Gasteiger partial charge is 0.495 e. The summed E-state index contributed by atoms with van der Waals surface area (Å²) in [7, 11) is 1.58. The highest BCUT2D eigenvalue weighted by Gasteiger charge is 2.10. The molecule has 0 aliphatic rings. The Morgan fingerprint density at radius 3 is 2.67 bits per heavy atom. The second-order valence-corrected chi connectivity index (χ2v) is 5.90. The standard InChI is InChI=1S/C20H19FN4O2/c1-13-3-8-18(27-2)17(11-13)25-20-22-10-9-16(24-20)19(26)23-12-14-4-6-15(21)7-5-14/h3-11H,12H2,1-2H3,(H,23,26)(H,22,24,25). The van der Waals surface area contributed by atoms with Gasteiger partial charge in [0.15, 0.2) is 0 Å². The van der Waals surface area contributed by atoms with E-state index in [0.29, 0.717) is 11.4 Å². The number of hydrogen-bond acceptors (Lipinski definition) is 5. The summed E-state index contributed by atoms with van der Waals surface area (Å²) in [5.74, 6) is 0.271. The van der Waals surface area contributed by atoms with Crippen LogP contribution in [0.3, 0.4) is 0 Å². The molecule has 0 radical (unpaired) electrons. The summed E-state index contributed by atoms with van der Waals surface area (Å²) in [6, 6.07) is 13.1. The average molecular weight is 366 g/mol. The van der Waals surface area contributed by atoms with Crippen LogP contribution in [0.15, 0.2) is 54.7 Å². The molecule has 1 aromatic heterocycles. The normalized spacial score (nSPS) is 10.3. The van der Waals surface area contributed by atoms with Crippen LogP contribution >= 0.6 is 0 Å². The van der Waals surface area contributed by atoms with Crippen LogP contribution in [0.2, 0.25) is 0 Å². The van der Waals surface area contributed by atoms with E-state index in [2.05, 4.69) is 20.6 Å². The second kappa shape index (κ2) is 8.27. The number of anilines is 2. The highest BCUT2D eigenvalue weighted by Crippen LogP contribution is 2.27. The first kappa shape index (κ1) is 18.3. The van der Waals surface area contributed by atoms with Gasteiger partial charge in [0.25, 0.3) is 5.91 Å². The van der Waals surface area contributed by atoms with E-state index in [4.69, 9.17) is 4.74 Å². The van der Waals surface area contributed by atoms with Gasteiger partial charge in [-0.05, 0) is 48.4 Å². The van der Waals surface area contributed by atoms with Crippen LogP contribution in [0, 0.1) is 12.7 Å². The third kappa shape index (κ3) is 4.78. The molecular weight excluding hydrogens is 347 g/mol. The number of hydrogen-bond donors (Lipinski definition) is 2. The van der Waals surface area contributed by atoms with Crippen molar-refractivity contribution in [3.63, 3.8) is 0 Å². The number of nitrogens with zero attached hydrogens (tertiary/aromatic N) is 2. The first-order valence-electron chi connectivity index (χ1n) is 8.32. The molecule has 2 aromatic carbocycles. The lowest BCUT2D eigenvalue weighted by atomic mass is 10.2. The van der Waals surface area contributed by atoms with E-state index in [1.54, 1.807) is 19.2 Å². The summed E-state index contributed by atoms with van der Waals surface area (Å²) in [5.41, 5.74) is 2.77. The van der Waals surface area contributed by atoms with Gasteiger partial charge >= 0.3 is 0 Å². The molecule has 3 aromatic rings. The molecule has 0 aliphatic heterocycles. The van der Waals surface area contributed by atoms with Crippen LogP contribution in [0.4, 0.5) is 16.0 Å². The van der Waals surface area contributed by atoms with Crippen molar-refractivity contribution in [2.24, 2.45) is 0 Å². The fourth-order valence-corrected chi connectivity index (χ4v) is 2.46. The molecule has 27 heavy (non-hydrogen) atoms. The van der Waals surface area contributed by atoms with E-state index in [0.717, 1.165) is 11.1 Å². The molecule has 6 nitrogen and oxygen atoms in total. The number of halogens is 1. The van der Waals surface area contributed by atoms with Crippen molar-refractivity contribution in [2.45, 2.75) is 13.5 Å². The first-order chi connectivity index (χ1) is 13.0. The second-order valence-electron chi connectivity index (χ2n) is 5.90. The molecular formula is C20H19FN4O2. The van der Waals surface area contributed by atoms with E-state index >= 15 is 0 Å². The van der Waals surface area contributed by atoms with Gasteiger partial charge in [-0.25, -0.2) is 14.4 Å². The van der Waals surface area contributed by atoms with Crippen molar-refractivity contribution in [1.82, 2.24) is 15.3 Å². The average Bonchev–Trinajstić information content (AvgIpc) is 2.68. The lowest BCUT2D eigenvalue weighted by Crippen LogP contribution is -2.24. The monoisotopic (exact) mass is 366 g/mol. The SMILES string of the molecule is COc1ccc(C)cc1Nc1nccc(C(=O)NCc2ccc(F)cc2)n1. The summed E-state index contributed by atoms with van der Waals surface area (Å²) in [5, 5.41) is 5.82. The van der Waals surface area contributed by atoms with Crippen molar-refractivity contribution in [3.05, 3.63) is 77.4 Å². The minimum absolute atomic E-state index is 0.223. The van der Waals surface area contributed by atoms with Crippen LogP contribution in [0.5, 0.6) is 5.75 Å². The molecule has 0 saturated carbocycles. The summed E-state index contributed by atoms with van der Waals surface area (Å²) in [6.07, 6.45) is 1.50. The van der Waals surface area contributed by atoms with E-state index in [1.807, 2.05) is 25.1 Å². The number of aryl methyl sites for hydroxylation is 1. The third-order valence-electron chi connectivity index (χ3n) is 3.86. The van der Waals surface area contributed by atoms with Gasteiger partial charge in [0, 0.05) is 12.7 Å². The number of amides is 1. The van der Waals surface area contributed by atoms with Gasteiger partial charge in [-0.1, -0.05) is 18.2 Å². The summed E-state index contributed by atoms with van der Waals surface area (Å²) in [6.45, 7) is 2.24. The highest BCUT2D eigenvalue weighted by atomic mass is 19.1. The Bertz CT molecular complexity index is 945. The zero-order valence-corrected chi connectivity index (χ0v) is 15.0. The Morgan fingerprint density at radius 1 is 1.15 bits per heavy atom. The maximum Gasteiger partial charge on any atom is 0.270 e. The lowest BCUT2D eigenvalue weighted by molar-refractivity contribution is 0.0946. The maximum atomic E-state index is 12.9. The van der Waals surface area contributed by atoms with Gasteiger partial charge in [0.1, 0.15) is 17.3 Å². The summed E-state index contributed by atoms with van der Waals surface area (Å²) >= 11 is 0. The molecule has 0 atom stereocenters. The number of benzene rings is 2. The third-order valence-corrected chi connectivity index (χ3v) is 3.86. The van der Waals surface area contributed by atoms with Crippen LogP contribution < -0.4 is 15.4 Å². The molecule has 1 amide bonds. The van der Waals surface area contributed by atoms with Crippen molar-refractivity contribution in [2.75, 3.05) is 12.4 Å². The molecule has 0 saturated heterocycles. The Labute approximate surface area is 156 Å². The molecule has 0 fully saturated rings. The molecule has 2 N–H and O–H groups in total. The fourth-order valence-electron chi connectivity index (χ4n) is 2.46. The van der Waals surface area contributed by atoms with Gasteiger partial charge in [0.2, 0.25) is 5.95 Å². The molecule has 7 heteroatoms. The highest BCUT2D eigenvalue weighted by molar-refractivity contribution is 5.92. The Hall–Kier alpha value is -3.48. The maximum absolute atomic E-state index is 12.9. The minimum Gasteiger partial charge on any atom is -0.495 e. The molecule has 0 bridgehead atoms. The van der Waals surface area contributed by atoms with Gasteiger partial charge in [-0.15, -0.1) is 0 Å². The quantitative estimate of drug-likeness (QED) is 0.697. The first-order valence-corrected chi connectivity index (χ1v) is 8.32. The number of carbonyl (C=O) groups is 1. The minimum atomic E-state index is -0.346. The van der Waals surface area contributed by atoms with E-state index in [1.165, 1.54) is 24.4 Å². The van der Waals surface area contributed by atoms with E-state index in [9.17, 15) is 9.18 Å². The van der Waals surface area contributed by atoms with Gasteiger partial charge in [-0.2, -0.15) is 0 Å². The van der Waals surface area contributed by atoms with Crippen molar-refractivity contribution < 1.29 is 13.9 Å². The molecule has 0 aliphatic carbocycles.